The second-order valence-electron chi connectivity index (χ2n) is 5.02. The van der Waals surface area contributed by atoms with E-state index in [1.807, 2.05) is 6.07 Å². The molecule has 1 unspecified atom stereocenters. The van der Waals surface area contributed by atoms with Crippen molar-refractivity contribution in [3.63, 3.8) is 0 Å². The zero-order valence-electron chi connectivity index (χ0n) is 11.5. The zero-order chi connectivity index (χ0) is 13.9. The van der Waals surface area contributed by atoms with Gasteiger partial charge in [0.25, 0.3) is 0 Å². The molecule has 0 aliphatic heterocycles. The molecule has 20 heavy (non-hydrogen) atoms. The Morgan fingerprint density at radius 3 is 2.50 bits per heavy atom. The third kappa shape index (κ3) is 2.03. The molecule has 3 rings (SSSR count). The monoisotopic (exact) mass is 263 g/mol. The van der Waals surface area contributed by atoms with Crippen molar-refractivity contribution in [1.82, 2.24) is 0 Å². The van der Waals surface area contributed by atoms with Gasteiger partial charge in [-0.2, -0.15) is 0 Å². The van der Waals surface area contributed by atoms with E-state index in [1.54, 1.807) is 6.21 Å². The fourth-order valence-corrected chi connectivity index (χ4v) is 3.04. The molecule has 0 saturated heterocycles. The smallest absolute Gasteiger partial charge is 0.0514 e. The minimum absolute atomic E-state index is 0.106. The van der Waals surface area contributed by atoms with Crippen molar-refractivity contribution in [3.05, 3.63) is 76.9 Å². The summed E-state index contributed by atoms with van der Waals surface area (Å²) in [7, 11) is 0. The molecule has 2 aromatic rings. The third-order valence-electron chi connectivity index (χ3n) is 3.93. The van der Waals surface area contributed by atoms with Crippen molar-refractivity contribution in [2.45, 2.75) is 19.3 Å². The molecule has 0 heterocycles. The lowest BCUT2D eigenvalue weighted by Crippen LogP contribution is -2.04. The molecule has 0 spiro atoms. The van der Waals surface area contributed by atoms with E-state index in [1.165, 1.54) is 27.8 Å². The van der Waals surface area contributed by atoms with Gasteiger partial charge in [-0.3, -0.25) is 0 Å². The van der Waals surface area contributed by atoms with Crippen LogP contribution < -0.4 is 0 Å². The summed E-state index contributed by atoms with van der Waals surface area (Å²) in [4.78, 5) is 0. The van der Waals surface area contributed by atoms with Crippen LogP contribution in [-0.2, 0) is 6.42 Å². The molecule has 100 valence electrons. The van der Waals surface area contributed by atoms with Gasteiger partial charge >= 0.3 is 0 Å². The highest BCUT2D eigenvalue weighted by molar-refractivity contribution is 5.87. The highest BCUT2D eigenvalue weighted by Gasteiger charge is 2.23. The Morgan fingerprint density at radius 1 is 1.05 bits per heavy atom. The van der Waals surface area contributed by atoms with Gasteiger partial charge < -0.3 is 5.21 Å². The molecular formula is C18H17NO. The van der Waals surface area contributed by atoms with E-state index in [2.05, 4.69) is 60.6 Å². The topological polar surface area (TPSA) is 32.6 Å². The van der Waals surface area contributed by atoms with Gasteiger partial charge in [-0.1, -0.05) is 54.6 Å². The molecule has 0 saturated carbocycles. The summed E-state index contributed by atoms with van der Waals surface area (Å²) < 4.78 is 0. The fraction of sp³-hybridized carbons (Fsp3) is 0.167. The Bertz CT molecular complexity index is 685. The van der Waals surface area contributed by atoms with Crippen LogP contribution in [0.15, 0.2) is 59.8 Å². The Labute approximate surface area is 119 Å². The number of rotatable bonds is 1. The molecule has 2 aromatic carbocycles. The highest BCUT2D eigenvalue weighted by Crippen LogP contribution is 2.37. The number of benzene rings is 2. The van der Waals surface area contributed by atoms with Gasteiger partial charge in [-0.25, -0.2) is 0 Å². The number of oxime groups is 1. The van der Waals surface area contributed by atoms with Crippen molar-refractivity contribution in [2.24, 2.45) is 5.16 Å². The summed E-state index contributed by atoms with van der Waals surface area (Å²) in [6.07, 6.45) is 4.65. The molecule has 0 bridgehead atoms. The Hall–Kier alpha value is -2.35. The van der Waals surface area contributed by atoms with Gasteiger partial charge in [-0.05, 0) is 41.2 Å². The maximum absolute atomic E-state index is 8.96. The summed E-state index contributed by atoms with van der Waals surface area (Å²) in [5.41, 5.74) is 6.27. The second-order valence-corrected chi connectivity index (χ2v) is 5.02. The Kier molecular flexibility index (Phi) is 3.38. The molecule has 1 aliphatic rings. The van der Waals surface area contributed by atoms with E-state index in [9.17, 15) is 0 Å². The largest absolute Gasteiger partial charge is 0.411 e. The van der Waals surface area contributed by atoms with Crippen LogP contribution in [0.3, 0.4) is 0 Å². The van der Waals surface area contributed by atoms with Gasteiger partial charge in [0.15, 0.2) is 0 Å². The quantitative estimate of drug-likeness (QED) is 0.466. The van der Waals surface area contributed by atoms with Gasteiger partial charge in [0.05, 0.1) is 6.21 Å². The minimum atomic E-state index is 0.106. The molecule has 1 atom stereocenters. The normalized spacial score (nSPS) is 19.6. The van der Waals surface area contributed by atoms with Crippen LogP contribution in [0.4, 0.5) is 0 Å². The predicted molar refractivity (Wildman–Crippen MR) is 82.4 cm³/mol. The van der Waals surface area contributed by atoms with Crippen molar-refractivity contribution in [3.8, 4) is 0 Å². The van der Waals surface area contributed by atoms with Crippen LogP contribution in [0.5, 0.6) is 0 Å². The van der Waals surface area contributed by atoms with Crippen molar-refractivity contribution >= 4 is 11.8 Å². The first-order chi connectivity index (χ1) is 9.85. The van der Waals surface area contributed by atoms with E-state index in [4.69, 9.17) is 5.21 Å². The van der Waals surface area contributed by atoms with E-state index in [0.717, 1.165) is 6.42 Å². The van der Waals surface area contributed by atoms with Gasteiger partial charge in [0.1, 0.15) is 0 Å². The maximum Gasteiger partial charge on any atom is 0.0514 e. The maximum atomic E-state index is 8.96. The van der Waals surface area contributed by atoms with Crippen LogP contribution in [0, 0.1) is 0 Å². The SMILES string of the molecule is C/C=C1/c2ccccc2CC(/C=N\O)c2ccccc21. The van der Waals surface area contributed by atoms with Crippen LogP contribution in [-0.4, -0.2) is 11.4 Å². The summed E-state index contributed by atoms with van der Waals surface area (Å²) in [5, 5.41) is 12.2. The number of hydrogen-bond donors (Lipinski definition) is 1. The number of hydrogen-bond acceptors (Lipinski definition) is 2. The molecule has 2 nitrogen and oxygen atoms in total. The average molecular weight is 263 g/mol. The molecule has 0 aromatic heterocycles. The van der Waals surface area contributed by atoms with Gasteiger partial charge in [0, 0.05) is 5.92 Å². The Morgan fingerprint density at radius 2 is 1.75 bits per heavy atom. The number of allylic oxidation sites excluding steroid dienone is 1. The molecule has 1 N–H and O–H groups in total. The van der Waals surface area contributed by atoms with Crippen molar-refractivity contribution < 1.29 is 5.21 Å². The number of nitrogens with zero attached hydrogens (tertiary/aromatic N) is 1. The van der Waals surface area contributed by atoms with E-state index in [0.29, 0.717) is 0 Å². The average Bonchev–Trinajstić information content (AvgIpc) is 2.62. The predicted octanol–water partition coefficient (Wildman–Crippen LogP) is 4.24. The van der Waals surface area contributed by atoms with Gasteiger partial charge in [-0.15, -0.1) is 5.16 Å². The molecule has 2 heteroatoms. The molecule has 1 aliphatic carbocycles. The van der Waals surface area contributed by atoms with Crippen LogP contribution >= 0.6 is 0 Å². The molecule has 0 radical (unpaired) electrons. The van der Waals surface area contributed by atoms with E-state index in [-0.39, 0.29) is 5.92 Å². The molecular weight excluding hydrogens is 246 g/mol. The summed E-state index contributed by atoms with van der Waals surface area (Å²) >= 11 is 0. The third-order valence-corrected chi connectivity index (χ3v) is 3.93. The van der Waals surface area contributed by atoms with Crippen molar-refractivity contribution in [1.29, 1.82) is 0 Å². The fourth-order valence-electron chi connectivity index (χ4n) is 3.04. The first-order valence-corrected chi connectivity index (χ1v) is 6.86. The van der Waals surface area contributed by atoms with Gasteiger partial charge in [0.2, 0.25) is 0 Å². The lowest BCUT2D eigenvalue weighted by Gasteiger charge is -2.13. The summed E-state index contributed by atoms with van der Waals surface area (Å²) in [6, 6.07) is 16.8. The second kappa shape index (κ2) is 5.33. The minimum Gasteiger partial charge on any atom is -0.411 e. The molecule has 0 fully saturated rings. The number of fused-ring (bicyclic) bond motifs is 2. The van der Waals surface area contributed by atoms with Crippen LogP contribution in [0.2, 0.25) is 0 Å². The standard InChI is InChI=1S/C18H17NO/c1-2-15-16-8-4-3-7-13(16)11-14(12-19-20)17-9-5-6-10-18(15)17/h2-10,12,14,20H,11H2,1H3/b15-2-,19-12-. The highest BCUT2D eigenvalue weighted by atomic mass is 16.4. The summed E-state index contributed by atoms with van der Waals surface area (Å²) in [6.45, 7) is 2.07. The summed E-state index contributed by atoms with van der Waals surface area (Å²) in [5.74, 6) is 0.106. The van der Waals surface area contributed by atoms with E-state index < -0.39 is 0 Å². The van der Waals surface area contributed by atoms with Crippen LogP contribution in [0.25, 0.3) is 5.57 Å². The zero-order valence-corrected chi connectivity index (χ0v) is 11.5. The van der Waals surface area contributed by atoms with E-state index >= 15 is 0 Å². The lowest BCUT2D eigenvalue weighted by atomic mass is 9.91. The first-order valence-electron chi connectivity index (χ1n) is 6.86. The lowest BCUT2D eigenvalue weighted by molar-refractivity contribution is 0.319. The van der Waals surface area contributed by atoms with Crippen LogP contribution in [0.1, 0.15) is 35.1 Å². The first kappa shape index (κ1) is 12.7. The van der Waals surface area contributed by atoms with Crippen molar-refractivity contribution in [2.75, 3.05) is 0 Å². The molecule has 0 amide bonds. The Balaban J connectivity index is 2.29.